The van der Waals surface area contributed by atoms with Crippen LogP contribution in [0.15, 0.2) is 91.4 Å². The molecule has 0 saturated carbocycles. The van der Waals surface area contributed by atoms with Crippen LogP contribution in [0.25, 0.3) is 5.69 Å². The molecule has 1 saturated heterocycles. The minimum absolute atomic E-state index is 0.00975. The van der Waals surface area contributed by atoms with Crippen LogP contribution >= 0.6 is 12.2 Å². The lowest BCUT2D eigenvalue weighted by Crippen LogP contribution is -2.30. The molecule has 1 aliphatic rings. The summed E-state index contributed by atoms with van der Waals surface area (Å²) in [5, 5.41) is 4.28. The van der Waals surface area contributed by atoms with Crippen molar-refractivity contribution < 1.29 is 0 Å². The van der Waals surface area contributed by atoms with E-state index in [1.54, 1.807) is 0 Å². The molecule has 5 rings (SSSR count). The van der Waals surface area contributed by atoms with Gasteiger partial charge in [0.2, 0.25) is 0 Å². The number of pyridine rings is 2. The Labute approximate surface area is 187 Å². The van der Waals surface area contributed by atoms with Crippen molar-refractivity contribution in [3.8, 4) is 5.69 Å². The van der Waals surface area contributed by atoms with Crippen molar-refractivity contribution in [1.82, 2.24) is 24.8 Å². The molecule has 6 heteroatoms. The van der Waals surface area contributed by atoms with Crippen LogP contribution in [0.4, 0.5) is 0 Å². The van der Waals surface area contributed by atoms with Gasteiger partial charge in [0.15, 0.2) is 5.11 Å². The smallest absolute Gasteiger partial charge is 0.170 e. The second kappa shape index (κ2) is 8.32. The van der Waals surface area contributed by atoms with Crippen molar-refractivity contribution in [2.75, 3.05) is 0 Å². The van der Waals surface area contributed by atoms with Gasteiger partial charge in [-0.3, -0.25) is 9.97 Å². The highest BCUT2D eigenvalue weighted by atomic mass is 32.1. The van der Waals surface area contributed by atoms with Crippen LogP contribution in [0.1, 0.15) is 34.7 Å². The van der Waals surface area contributed by atoms with Gasteiger partial charge < -0.3 is 14.8 Å². The maximum absolute atomic E-state index is 5.82. The monoisotopic (exact) mass is 425 g/mol. The molecule has 0 unspecified atom stereocenters. The predicted octanol–water partition coefficient (Wildman–Crippen LogP) is 4.75. The van der Waals surface area contributed by atoms with Gasteiger partial charge in [0.05, 0.1) is 17.8 Å². The van der Waals surface area contributed by atoms with E-state index in [-0.39, 0.29) is 12.1 Å². The second-order valence-corrected chi connectivity index (χ2v) is 8.07. The number of rotatable bonds is 5. The molecular weight excluding hydrogens is 402 g/mol. The number of nitrogens with zero attached hydrogens (tertiary/aromatic N) is 4. The molecule has 2 atom stereocenters. The second-order valence-electron chi connectivity index (χ2n) is 7.68. The highest BCUT2D eigenvalue weighted by Gasteiger charge is 2.41. The van der Waals surface area contributed by atoms with E-state index in [2.05, 4.69) is 74.1 Å². The molecule has 1 aliphatic heterocycles. The topological polar surface area (TPSA) is 46.0 Å². The lowest BCUT2D eigenvalue weighted by molar-refractivity contribution is 0.302. The molecular formula is C25H23N5S. The van der Waals surface area contributed by atoms with Crippen LogP contribution in [0.5, 0.6) is 0 Å². The molecule has 5 nitrogen and oxygen atoms in total. The number of nitrogens with one attached hydrogen (secondary N) is 1. The minimum atomic E-state index is -0.0488. The Bertz CT molecular complexity index is 1170. The molecule has 3 aromatic heterocycles. The largest absolute Gasteiger partial charge is 0.352 e. The fourth-order valence-corrected chi connectivity index (χ4v) is 4.61. The van der Waals surface area contributed by atoms with Gasteiger partial charge in [0.1, 0.15) is 0 Å². The van der Waals surface area contributed by atoms with Crippen LogP contribution in [-0.2, 0) is 6.54 Å². The Hall–Kier alpha value is -3.51. The van der Waals surface area contributed by atoms with E-state index >= 15 is 0 Å². The zero-order chi connectivity index (χ0) is 21.2. The summed E-state index contributed by atoms with van der Waals surface area (Å²) in [6.45, 7) is 2.83. The Morgan fingerprint density at radius 2 is 1.68 bits per heavy atom. The Morgan fingerprint density at radius 3 is 2.42 bits per heavy atom. The van der Waals surface area contributed by atoms with Crippen LogP contribution in [-0.4, -0.2) is 24.5 Å². The minimum Gasteiger partial charge on any atom is -0.352 e. The quantitative estimate of drug-likeness (QED) is 0.468. The molecule has 154 valence electrons. The van der Waals surface area contributed by atoms with Gasteiger partial charge in [-0.15, -0.1) is 0 Å². The van der Waals surface area contributed by atoms with Crippen LogP contribution in [0.2, 0.25) is 0 Å². The summed E-state index contributed by atoms with van der Waals surface area (Å²) >= 11 is 5.82. The first-order chi connectivity index (χ1) is 15.2. The molecule has 4 aromatic rings. The van der Waals surface area contributed by atoms with E-state index in [1.807, 2.05) is 48.9 Å². The molecule has 1 fully saturated rings. The van der Waals surface area contributed by atoms with Crippen molar-refractivity contribution in [3.05, 3.63) is 114 Å². The lowest BCUT2D eigenvalue weighted by atomic mass is 10.0. The molecule has 0 bridgehead atoms. The van der Waals surface area contributed by atoms with E-state index in [9.17, 15) is 0 Å². The van der Waals surface area contributed by atoms with Gasteiger partial charge in [0.25, 0.3) is 0 Å². The van der Waals surface area contributed by atoms with E-state index in [0.717, 1.165) is 16.5 Å². The molecule has 1 N–H and O–H groups in total. The SMILES string of the molecule is Cc1ccc([C@H]2[C@H](c3ccccn3)NC(=S)N2Cc2ccncc2)n1-c1ccccc1. The standard InChI is InChI=1S/C25H23N5S/c1-18-10-11-22(30(18)20-7-3-2-4-8-20)24-23(21-9-5-6-14-27-21)28-25(31)29(24)17-19-12-15-26-16-13-19/h2-16,23-24H,17H2,1H3,(H,28,31)/t23-,24-/m0/s1. The van der Waals surface area contributed by atoms with E-state index in [0.29, 0.717) is 6.54 Å². The van der Waals surface area contributed by atoms with Crippen LogP contribution < -0.4 is 5.32 Å². The summed E-state index contributed by atoms with van der Waals surface area (Å²) in [5.74, 6) is 0. The fourth-order valence-electron chi connectivity index (χ4n) is 4.30. The number of aromatic nitrogens is 3. The molecule has 0 aliphatic carbocycles. The van der Waals surface area contributed by atoms with Gasteiger partial charge in [0, 0.05) is 42.2 Å². The van der Waals surface area contributed by atoms with Crippen molar-refractivity contribution in [1.29, 1.82) is 0 Å². The summed E-state index contributed by atoms with van der Waals surface area (Å²) in [5.41, 5.74) is 5.65. The summed E-state index contributed by atoms with van der Waals surface area (Å²) in [7, 11) is 0. The first-order valence-corrected chi connectivity index (χ1v) is 10.7. The Kier molecular flexibility index (Phi) is 5.22. The molecule has 0 radical (unpaired) electrons. The summed E-state index contributed by atoms with van der Waals surface area (Å²) in [6, 6.07) is 24.9. The van der Waals surface area contributed by atoms with E-state index in [1.165, 1.54) is 17.0 Å². The Morgan fingerprint density at radius 1 is 0.903 bits per heavy atom. The number of thiocarbonyl (C=S) groups is 1. The molecule has 4 heterocycles. The first-order valence-electron chi connectivity index (χ1n) is 10.3. The van der Waals surface area contributed by atoms with Crippen LogP contribution in [0.3, 0.4) is 0 Å². The summed E-state index contributed by atoms with van der Waals surface area (Å²) < 4.78 is 2.32. The third-order valence-corrected chi connectivity index (χ3v) is 6.08. The maximum atomic E-state index is 5.82. The third kappa shape index (κ3) is 3.70. The van der Waals surface area contributed by atoms with Gasteiger partial charge in [-0.2, -0.15) is 0 Å². The average molecular weight is 426 g/mol. The Balaban J connectivity index is 1.63. The fraction of sp³-hybridized carbons (Fsp3) is 0.160. The molecule has 0 spiro atoms. The molecule has 0 amide bonds. The first kappa shape index (κ1) is 19.5. The zero-order valence-electron chi connectivity index (χ0n) is 17.2. The third-order valence-electron chi connectivity index (χ3n) is 5.72. The number of para-hydroxylation sites is 1. The lowest BCUT2D eigenvalue weighted by Gasteiger charge is -2.29. The van der Waals surface area contributed by atoms with Crippen molar-refractivity contribution in [2.24, 2.45) is 0 Å². The number of aryl methyl sites for hydroxylation is 1. The van der Waals surface area contributed by atoms with Gasteiger partial charge in [-0.05, 0) is 73.2 Å². The maximum Gasteiger partial charge on any atom is 0.170 e. The van der Waals surface area contributed by atoms with E-state index in [4.69, 9.17) is 12.2 Å². The normalized spacial score (nSPS) is 18.2. The van der Waals surface area contributed by atoms with Gasteiger partial charge >= 0.3 is 0 Å². The summed E-state index contributed by atoms with van der Waals surface area (Å²) in [4.78, 5) is 11.1. The number of hydrogen-bond acceptors (Lipinski definition) is 3. The number of hydrogen-bond donors (Lipinski definition) is 1. The van der Waals surface area contributed by atoms with Gasteiger partial charge in [-0.25, -0.2) is 0 Å². The highest BCUT2D eigenvalue weighted by molar-refractivity contribution is 7.80. The highest BCUT2D eigenvalue weighted by Crippen LogP contribution is 2.40. The zero-order valence-corrected chi connectivity index (χ0v) is 18.0. The molecule has 31 heavy (non-hydrogen) atoms. The van der Waals surface area contributed by atoms with Crippen molar-refractivity contribution in [3.63, 3.8) is 0 Å². The predicted molar refractivity (Wildman–Crippen MR) is 126 cm³/mol. The van der Waals surface area contributed by atoms with Crippen molar-refractivity contribution in [2.45, 2.75) is 25.6 Å². The van der Waals surface area contributed by atoms with Crippen LogP contribution in [0, 0.1) is 6.92 Å². The summed E-state index contributed by atoms with van der Waals surface area (Å²) in [6.07, 6.45) is 5.48. The van der Waals surface area contributed by atoms with E-state index < -0.39 is 0 Å². The average Bonchev–Trinajstić information content (AvgIpc) is 3.35. The molecule has 1 aromatic carbocycles. The number of benzene rings is 1. The van der Waals surface area contributed by atoms with Gasteiger partial charge in [-0.1, -0.05) is 24.3 Å². The van der Waals surface area contributed by atoms with Crippen molar-refractivity contribution >= 4 is 17.3 Å².